The second kappa shape index (κ2) is 4.60. The third kappa shape index (κ3) is 2.59. The first-order valence-corrected chi connectivity index (χ1v) is 3.48. The second-order valence-electron chi connectivity index (χ2n) is 0.723. The zero-order valence-corrected chi connectivity index (χ0v) is 7.31. The molecule has 0 amide bonds. The zero-order chi connectivity index (χ0) is 3.54. The fraction of sp³-hybridized carbons (Fsp3) is 0.333. The van der Waals surface area contributed by atoms with E-state index in [2.05, 4.69) is 10.8 Å². The molecular formula is C3H4NaS2. The molecule has 0 bridgehead atoms. The van der Waals surface area contributed by atoms with Crippen molar-refractivity contribution in [2.24, 2.45) is 0 Å². The molecule has 0 saturated carbocycles. The largest absolute Gasteiger partial charge is 0.122 e. The van der Waals surface area contributed by atoms with Gasteiger partial charge in [-0.1, -0.05) is 0 Å². The minimum Gasteiger partial charge on any atom is -0.122 e. The van der Waals surface area contributed by atoms with E-state index in [0.29, 0.717) is 0 Å². The van der Waals surface area contributed by atoms with Crippen molar-refractivity contribution in [3.05, 3.63) is 10.8 Å². The van der Waals surface area contributed by atoms with Crippen molar-refractivity contribution < 1.29 is 0 Å². The van der Waals surface area contributed by atoms with Crippen LogP contribution in [0.25, 0.3) is 0 Å². The van der Waals surface area contributed by atoms with Crippen LogP contribution in [0.2, 0.25) is 0 Å². The van der Waals surface area contributed by atoms with E-state index in [-0.39, 0.29) is 29.6 Å². The quantitative estimate of drug-likeness (QED) is 0.452. The minimum atomic E-state index is 0. The second-order valence-corrected chi connectivity index (χ2v) is 2.88. The Morgan fingerprint density at radius 1 is 1.17 bits per heavy atom. The van der Waals surface area contributed by atoms with Crippen molar-refractivity contribution in [3.63, 3.8) is 0 Å². The predicted molar refractivity (Wildman–Crippen MR) is 34.9 cm³/mol. The maximum Gasteiger partial charge on any atom is 0.0475 e. The molecule has 0 aromatic heterocycles. The van der Waals surface area contributed by atoms with Gasteiger partial charge in [-0.25, -0.2) is 0 Å². The molecule has 1 aliphatic heterocycles. The van der Waals surface area contributed by atoms with Crippen LogP contribution < -0.4 is 0 Å². The summed E-state index contributed by atoms with van der Waals surface area (Å²) in [6, 6.07) is 0. The van der Waals surface area contributed by atoms with Gasteiger partial charge in [-0.15, -0.1) is 23.5 Å². The smallest absolute Gasteiger partial charge is 0.0475 e. The zero-order valence-electron chi connectivity index (χ0n) is 3.68. The summed E-state index contributed by atoms with van der Waals surface area (Å²) in [4.78, 5) is 0. The standard InChI is InChI=1S/C3H4S2.Na/c1-2-5-3-4-1;/h1-2H,3H2;. The molecule has 0 aromatic rings. The van der Waals surface area contributed by atoms with E-state index in [1.54, 1.807) is 0 Å². The van der Waals surface area contributed by atoms with E-state index in [1.807, 2.05) is 23.5 Å². The number of hydrogen-bond donors (Lipinski definition) is 0. The van der Waals surface area contributed by atoms with Crippen LogP contribution in [0.1, 0.15) is 0 Å². The predicted octanol–water partition coefficient (Wildman–Crippen LogP) is 1.51. The summed E-state index contributed by atoms with van der Waals surface area (Å²) in [7, 11) is 0. The van der Waals surface area contributed by atoms with Crippen molar-refractivity contribution in [3.8, 4) is 0 Å². The van der Waals surface area contributed by atoms with Crippen LogP contribution in [0.15, 0.2) is 10.8 Å². The Kier molecular flexibility index (Phi) is 5.70. The molecule has 3 heteroatoms. The molecule has 6 heavy (non-hydrogen) atoms. The van der Waals surface area contributed by atoms with E-state index >= 15 is 0 Å². The van der Waals surface area contributed by atoms with Crippen molar-refractivity contribution in [1.29, 1.82) is 0 Å². The van der Waals surface area contributed by atoms with E-state index in [9.17, 15) is 0 Å². The van der Waals surface area contributed by atoms with Gasteiger partial charge < -0.3 is 0 Å². The molecule has 0 atom stereocenters. The number of hydrogen-bond acceptors (Lipinski definition) is 2. The van der Waals surface area contributed by atoms with Gasteiger partial charge in [-0.2, -0.15) is 0 Å². The fourth-order valence-electron chi connectivity index (χ4n) is 0.196. The fourth-order valence-corrected chi connectivity index (χ4v) is 1.77. The van der Waals surface area contributed by atoms with E-state index in [1.165, 1.54) is 5.08 Å². The van der Waals surface area contributed by atoms with Crippen molar-refractivity contribution in [1.82, 2.24) is 0 Å². The number of rotatable bonds is 0. The van der Waals surface area contributed by atoms with Gasteiger partial charge in [0.25, 0.3) is 0 Å². The first-order chi connectivity index (χ1) is 2.50. The summed E-state index contributed by atoms with van der Waals surface area (Å²) in [5, 5.41) is 5.45. The first kappa shape index (κ1) is 7.44. The summed E-state index contributed by atoms with van der Waals surface area (Å²) in [5.74, 6) is 0. The molecule has 0 saturated heterocycles. The van der Waals surface area contributed by atoms with Gasteiger partial charge in [-0.05, 0) is 10.8 Å². The Morgan fingerprint density at radius 2 is 1.67 bits per heavy atom. The maximum absolute atomic E-state index is 2.12. The molecule has 1 radical (unpaired) electrons. The molecule has 29 valence electrons. The molecule has 0 spiro atoms. The molecule has 0 unspecified atom stereocenters. The van der Waals surface area contributed by atoms with Gasteiger partial charge in [0.2, 0.25) is 0 Å². The average molecular weight is 127 g/mol. The third-order valence-electron chi connectivity index (χ3n) is 0.384. The summed E-state index contributed by atoms with van der Waals surface area (Å²) in [5.41, 5.74) is 0. The molecule has 1 heterocycles. The Morgan fingerprint density at radius 3 is 1.83 bits per heavy atom. The third-order valence-corrected chi connectivity index (χ3v) is 2.30. The molecule has 0 aliphatic carbocycles. The van der Waals surface area contributed by atoms with Crippen LogP contribution in [0.3, 0.4) is 0 Å². The number of thioether (sulfide) groups is 2. The van der Waals surface area contributed by atoms with Crippen molar-refractivity contribution >= 4 is 53.1 Å². The van der Waals surface area contributed by atoms with Gasteiger partial charge in [0.05, 0.1) is 0 Å². The van der Waals surface area contributed by atoms with Crippen LogP contribution in [0, 0.1) is 0 Å². The SMILES string of the molecule is C1=CSCS1.[Na]. The van der Waals surface area contributed by atoms with E-state index in [4.69, 9.17) is 0 Å². The Labute approximate surface area is 68.4 Å². The van der Waals surface area contributed by atoms with E-state index < -0.39 is 0 Å². The topological polar surface area (TPSA) is 0 Å². The van der Waals surface area contributed by atoms with Crippen molar-refractivity contribution in [2.75, 3.05) is 5.08 Å². The summed E-state index contributed by atoms with van der Waals surface area (Å²) >= 11 is 3.71. The van der Waals surface area contributed by atoms with Crippen LogP contribution >= 0.6 is 23.5 Å². The van der Waals surface area contributed by atoms with Gasteiger partial charge in [0.1, 0.15) is 0 Å². The van der Waals surface area contributed by atoms with Gasteiger partial charge in [0.15, 0.2) is 0 Å². The monoisotopic (exact) mass is 127 g/mol. The van der Waals surface area contributed by atoms with Gasteiger partial charge >= 0.3 is 0 Å². The summed E-state index contributed by atoms with van der Waals surface area (Å²) in [6.45, 7) is 0. The Balaban J connectivity index is 0.000000250. The van der Waals surface area contributed by atoms with Crippen LogP contribution in [0.5, 0.6) is 0 Å². The van der Waals surface area contributed by atoms with Crippen LogP contribution in [-0.4, -0.2) is 34.6 Å². The van der Waals surface area contributed by atoms with Crippen LogP contribution in [-0.2, 0) is 0 Å². The van der Waals surface area contributed by atoms with Gasteiger partial charge in [0, 0.05) is 34.6 Å². The molecule has 1 rings (SSSR count). The molecule has 0 fully saturated rings. The molecule has 0 nitrogen and oxygen atoms in total. The molecule has 1 aliphatic rings. The first-order valence-electron chi connectivity index (χ1n) is 1.38. The van der Waals surface area contributed by atoms with Crippen LogP contribution in [0.4, 0.5) is 0 Å². The molecular weight excluding hydrogens is 123 g/mol. The summed E-state index contributed by atoms with van der Waals surface area (Å²) < 4.78 is 0. The Hall–Kier alpha value is 1.44. The minimum absolute atomic E-state index is 0. The van der Waals surface area contributed by atoms with Gasteiger partial charge in [-0.3, -0.25) is 0 Å². The molecule has 0 aromatic carbocycles. The maximum atomic E-state index is 2.12. The Bertz CT molecular complexity index is 46.8. The average Bonchev–Trinajstić information content (AvgIpc) is 1.76. The summed E-state index contributed by atoms with van der Waals surface area (Å²) in [6.07, 6.45) is 0. The normalized spacial score (nSPS) is 17.3. The molecule has 0 N–H and O–H groups in total. The van der Waals surface area contributed by atoms with E-state index in [0.717, 1.165) is 0 Å². The van der Waals surface area contributed by atoms with Crippen molar-refractivity contribution in [2.45, 2.75) is 0 Å².